The molecule has 1 heterocycles. The molecule has 0 fully saturated rings. The van der Waals surface area contributed by atoms with Gasteiger partial charge >= 0.3 is 0 Å². The summed E-state index contributed by atoms with van der Waals surface area (Å²) in [5, 5.41) is 0. The van der Waals surface area contributed by atoms with Crippen molar-refractivity contribution in [2.45, 2.75) is 13.8 Å². The number of aromatic amines is 1. The van der Waals surface area contributed by atoms with E-state index in [4.69, 9.17) is 0 Å². The van der Waals surface area contributed by atoms with Gasteiger partial charge in [0.05, 0.1) is 16.1 Å². The van der Waals surface area contributed by atoms with Gasteiger partial charge in [0.15, 0.2) is 0 Å². The van der Waals surface area contributed by atoms with Gasteiger partial charge < -0.3 is 4.98 Å². The molecule has 0 aliphatic heterocycles. The first-order valence-electron chi connectivity index (χ1n) is 5.33. The molecule has 4 nitrogen and oxygen atoms in total. The zero-order chi connectivity index (χ0) is 12.4. The molecule has 0 bridgehead atoms. The van der Waals surface area contributed by atoms with Gasteiger partial charge in [-0.05, 0) is 11.5 Å². The molecule has 0 spiro atoms. The molecular formula is C11H12N2O2S2. The topological polar surface area (TPSA) is 62.8 Å². The van der Waals surface area contributed by atoms with Crippen LogP contribution in [0.1, 0.15) is 34.8 Å². The smallest absolute Gasteiger partial charge is 0.221 e. The van der Waals surface area contributed by atoms with Crippen molar-refractivity contribution in [1.29, 1.82) is 0 Å². The average molecular weight is 268 g/mol. The van der Waals surface area contributed by atoms with E-state index in [-0.39, 0.29) is 17.3 Å². The largest absolute Gasteiger partial charge is 0.341 e. The summed E-state index contributed by atoms with van der Waals surface area (Å²) in [4.78, 5) is 32.1. The first-order chi connectivity index (χ1) is 8.20. The van der Waals surface area contributed by atoms with Gasteiger partial charge in [-0.2, -0.15) is 0 Å². The molecule has 1 aromatic rings. The highest BCUT2D eigenvalue weighted by Gasteiger charge is 2.34. The molecule has 0 saturated carbocycles. The number of H-pyrrole nitrogens is 1. The Morgan fingerprint density at radius 3 is 2.29 bits per heavy atom. The molecule has 0 radical (unpaired) electrons. The Balaban J connectivity index is 2.51. The Labute approximate surface area is 108 Å². The summed E-state index contributed by atoms with van der Waals surface area (Å²) in [6.45, 7) is 3.93. The third kappa shape index (κ3) is 2.07. The Hall–Kier alpha value is -1.01. The maximum Gasteiger partial charge on any atom is 0.221 e. The van der Waals surface area contributed by atoms with Crippen LogP contribution < -0.4 is 0 Å². The van der Waals surface area contributed by atoms with Crippen molar-refractivity contribution < 1.29 is 9.59 Å². The molecule has 0 unspecified atom stereocenters. The van der Waals surface area contributed by atoms with E-state index < -0.39 is 0 Å². The number of carbonyl (C=O) groups excluding carboxylic acids is 2. The number of carbonyl (C=O) groups is 2. The van der Waals surface area contributed by atoms with Crippen molar-refractivity contribution in [2.24, 2.45) is 0 Å². The molecule has 2 rings (SSSR count). The second-order valence-corrected chi connectivity index (χ2v) is 5.86. The number of hydrogen-bond acceptors (Lipinski definition) is 5. The van der Waals surface area contributed by atoms with Crippen LogP contribution in [0.3, 0.4) is 0 Å². The van der Waals surface area contributed by atoms with Crippen LogP contribution in [0, 0.1) is 0 Å². The van der Waals surface area contributed by atoms with Gasteiger partial charge in [0.2, 0.25) is 11.6 Å². The summed E-state index contributed by atoms with van der Waals surface area (Å²) in [5.41, 5.74) is 0.581. The highest BCUT2D eigenvalue weighted by molar-refractivity contribution is 8.08. The van der Waals surface area contributed by atoms with Gasteiger partial charge in [0, 0.05) is 0 Å². The number of ketones is 2. The van der Waals surface area contributed by atoms with E-state index in [1.54, 1.807) is 0 Å². The molecule has 17 heavy (non-hydrogen) atoms. The minimum absolute atomic E-state index is 0.111. The second kappa shape index (κ2) is 5.10. The number of hydrogen-bond donors (Lipinski definition) is 1. The lowest BCUT2D eigenvalue weighted by atomic mass is 10.1. The van der Waals surface area contributed by atoms with E-state index in [0.717, 1.165) is 11.5 Å². The molecule has 1 aliphatic rings. The van der Waals surface area contributed by atoms with Gasteiger partial charge in [-0.15, -0.1) is 23.5 Å². The lowest BCUT2D eigenvalue weighted by Gasteiger charge is -2.15. The summed E-state index contributed by atoms with van der Waals surface area (Å²) in [6.07, 6.45) is 1.40. The number of fused-ring (bicyclic) bond motifs is 1. The Bertz CT molecular complexity index is 463. The van der Waals surface area contributed by atoms with E-state index in [2.05, 4.69) is 9.97 Å². The number of thioether (sulfide) groups is 2. The fraction of sp³-hybridized carbons (Fsp3) is 0.364. The van der Waals surface area contributed by atoms with Gasteiger partial charge in [0.25, 0.3) is 0 Å². The fourth-order valence-electron chi connectivity index (χ4n) is 1.62. The molecule has 0 amide bonds. The lowest BCUT2D eigenvalue weighted by molar-refractivity contribution is 0.0983. The van der Waals surface area contributed by atoms with E-state index in [0.29, 0.717) is 15.5 Å². The molecule has 1 aliphatic carbocycles. The molecule has 0 aromatic carbocycles. The van der Waals surface area contributed by atoms with E-state index >= 15 is 0 Å². The van der Waals surface area contributed by atoms with Gasteiger partial charge in [-0.3, -0.25) is 9.59 Å². The van der Waals surface area contributed by atoms with Crippen molar-refractivity contribution in [3.05, 3.63) is 27.5 Å². The summed E-state index contributed by atoms with van der Waals surface area (Å²) < 4.78 is 0. The minimum atomic E-state index is -0.136. The molecule has 1 N–H and O–H groups in total. The van der Waals surface area contributed by atoms with Crippen LogP contribution >= 0.6 is 23.5 Å². The Morgan fingerprint density at radius 1 is 1.12 bits per heavy atom. The maximum atomic E-state index is 12.2. The minimum Gasteiger partial charge on any atom is -0.341 e. The van der Waals surface area contributed by atoms with Gasteiger partial charge in [0.1, 0.15) is 11.4 Å². The molecule has 0 saturated heterocycles. The normalized spacial score (nSPS) is 15.4. The highest BCUT2D eigenvalue weighted by atomic mass is 32.2. The number of nitrogens with zero attached hydrogens (tertiary/aromatic N) is 1. The monoisotopic (exact) mass is 268 g/mol. The maximum absolute atomic E-state index is 12.2. The SMILES string of the molecule is CCSC1=C(SCC)C(=O)c2[nH]cnc2C1=O. The van der Waals surface area contributed by atoms with Crippen molar-refractivity contribution in [2.75, 3.05) is 11.5 Å². The van der Waals surface area contributed by atoms with Gasteiger partial charge in [-0.25, -0.2) is 4.98 Å². The Kier molecular flexibility index (Phi) is 3.73. The summed E-state index contributed by atoms with van der Waals surface area (Å²) >= 11 is 2.83. The van der Waals surface area contributed by atoms with Crippen LogP contribution in [-0.2, 0) is 0 Å². The lowest BCUT2D eigenvalue weighted by Crippen LogP contribution is -2.20. The predicted octanol–water partition coefficient (Wildman–Crippen LogP) is 2.51. The number of allylic oxidation sites excluding steroid dienone is 2. The third-order valence-corrected chi connectivity index (χ3v) is 4.34. The quantitative estimate of drug-likeness (QED) is 0.909. The van der Waals surface area contributed by atoms with Crippen LogP contribution in [0.5, 0.6) is 0 Å². The van der Waals surface area contributed by atoms with Crippen LogP contribution in [0.2, 0.25) is 0 Å². The number of rotatable bonds is 4. The molecule has 6 heteroatoms. The summed E-state index contributed by atoms with van der Waals surface area (Å²) in [6, 6.07) is 0. The average Bonchev–Trinajstić information content (AvgIpc) is 2.80. The van der Waals surface area contributed by atoms with E-state index in [9.17, 15) is 9.59 Å². The third-order valence-electron chi connectivity index (χ3n) is 2.28. The molecule has 0 atom stereocenters. The number of Topliss-reactive ketones (excluding diaryl/α,β-unsaturated/α-hetero) is 2. The zero-order valence-electron chi connectivity index (χ0n) is 9.57. The standard InChI is InChI=1S/C11H12N2O2S2/c1-3-16-10-8(14)6-7(13-5-12-6)9(15)11(10)17-4-2/h5H,3-4H2,1-2H3,(H,12,13). The number of nitrogens with one attached hydrogen (secondary N) is 1. The van der Waals surface area contributed by atoms with E-state index in [1.165, 1.54) is 29.9 Å². The van der Waals surface area contributed by atoms with E-state index in [1.807, 2.05) is 13.8 Å². The summed E-state index contributed by atoms with van der Waals surface area (Å²) in [5.74, 6) is 1.29. The van der Waals surface area contributed by atoms with Gasteiger partial charge in [-0.1, -0.05) is 13.8 Å². The van der Waals surface area contributed by atoms with Crippen LogP contribution in [0.4, 0.5) is 0 Å². The van der Waals surface area contributed by atoms with Crippen molar-refractivity contribution >= 4 is 35.1 Å². The van der Waals surface area contributed by atoms with Crippen molar-refractivity contribution in [3.63, 3.8) is 0 Å². The first kappa shape index (κ1) is 12.4. The zero-order valence-corrected chi connectivity index (χ0v) is 11.2. The Morgan fingerprint density at radius 2 is 1.71 bits per heavy atom. The summed E-state index contributed by atoms with van der Waals surface area (Å²) in [7, 11) is 0. The first-order valence-corrected chi connectivity index (χ1v) is 7.30. The predicted molar refractivity (Wildman–Crippen MR) is 70.5 cm³/mol. The highest BCUT2D eigenvalue weighted by Crippen LogP contribution is 2.36. The fourth-order valence-corrected chi connectivity index (χ4v) is 3.46. The molecular weight excluding hydrogens is 256 g/mol. The van der Waals surface area contributed by atoms with Crippen molar-refractivity contribution in [1.82, 2.24) is 9.97 Å². The molecule has 90 valence electrons. The van der Waals surface area contributed by atoms with Crippen LogP contribution in [-0.4, -0.2) is 33.0 Å². The van der Waals surface area contributed by atoms with Crippen LogP contribution in [0.25, 0.3) is 0 Å². The number of imidazole rings is 1. The van der Waals surface area contributed by atoms with Crippen molar-refractivity contribution in [3.8, 4) is 0 Å². The molecule has 1 aromatic heterocycles. The number of aromatic nitrogens is 2. The second-order valence-electron chi connectivity index (χ2n) is 3.31. The van der Waals surface area contributed by atoms with Crippen LogP contribution in [0.15, 0.2) is 16.1 Å².